The van der Waals surface area contributed by atoms with Gasteiger partial charge in [0.05, 0.1) is 10.0 Å². The van der Waals surface area contributed by atoms with Gasteiger partial charge in [-0.25, -0.2) is 0 Å². The average Bonchev–Trinajstić information content (AvgIpc) is 2.63. The van der Waals surface area contributed by atoms with Crippen molar-refractivity contribution in [2.45, 2.75) is 4.75 Å². The van der Waals surface area contributed by atoms with Gasteiger partial charge in [0, 0.05) is 15.6 Å². The minimum Gasteiger partial charge on any atom is -0.506 e. The van der Waals surface area contributed by atoms with Crippen molar-refractivity contribution in [1.29, 1.82) is 0 Å². The van der Waals surface area contributed by atoms with E-state index in [0.717, 1.165) is 12.1 Å². The second kappa shape index (κ2) is 7.87. The minimum atomic E-state index is -5.10. The van der Waals surface area contributed by atoms with Gasteiger partial charge in [-0.05, 0) is 47.5 Å². The molecule has 1 atom stereocenters. The fourth-order valence-corrected chi connectivity index (χ4v) is 5.38. The molecule has 5 nitrogen and oxygen atoms in total. The molecule has 0 aliphatic rings. The van der Waals surface area contributed by atoms with Crippen LogP contribution in [-0.2, 0) is 14.9 Å². The average molecular weight is 494 g/mol. The standard InChI is InChI=1S/C19H12Cl4O5S/c20-12-3-1-2-10(8-12)19(29(26,27)28,11-4-7-16(24)15(23)9-11)17-13(21)5-6-14(22)18(17)25/h1-9,24-25H,(H,26,27,28). The molecule has 152 valence electrons. The van der Waals surface area contributed by atoms with Crippen molar-refractivity contribution in [3.8, 4) is 11.5 Å². The van der Waals surface area contributed by atoms with Gasteiger partial charge in [0.2, 0.25) is 0 Å². The zero-order chi connectivity index (χ0) is 21.6. The molecule has 3 aromatic rings. The highest BCUT2D eigenvalue weighted by Gasteiger charge is 2.52. The van der Waals surface area contributed by atoms with Crippen LogP contribution in [-0.4, -0.2) is 23.2 Å². The molecule has 0 saturated heterocycles. The summed E-state index contributed by atoms with van der Waals surface area (Å²) in [5, 5.41) is 20.1. The molecule has 3 rings (SSSR count). The van der Waals surface area contributed by atoms with Gasteiger partial charge < -0.3 is 10.2 Å². The minimum absolute atomic E-state index is 0.0336. The van der Waals surface area contributed by atoms with E-state index < -0.39 is 26.2 Å². The van der Waals surface area contributed by atoms with Crippen LogP contribution in [0.3, 0.4) is 0 Å². The van der Waals surface area contributed by atoms with Gasteiger partial charge in [0.1, 0.15) is 11.5 Å². The maximum atomic E-state index is 13.0. The third-order valence-electron chi connectivity index (χ3n) is 4.40. The summed E-state index contributed by atoms with van der Waals surface area (Å²) in [4.78, 5) is 0. The van der Waals surface area contributed by atoms with Gasteiger partial charge in [-0.3, -0.25) is 4.55 Å². The Morgan fingerprint density at radius 1 is 0.759 bits per heavy atom. The van der Waals surface area contributed by atoms with Crippen LogP contribution in [0.25, 0.3) is 0 Å². The molecule has 0 fully saturated rings. The Labute approximate surface area is 186 Å². The largest absolute Gasteiger partial charge is 0.506 e. The van der Waals surface area contributed by atoms with E-state index in [1.54, 1.807) is 0 Å². The van der Waals surface area contributed by atoms with Crippen molar-refractivity contribution < 1.29 is 23.2 Å². The van der Waals surface area contributed by atoms with Gasteiger partial charge in [0.25, 0.3) is 10.1 Å². The maximum Gasteiger partial charge on any atom is 0.283 e. The van der Waals surface area contributed by atoms with Gasteiger partial charge in [-0.15, -0.1) is 0 Å². The van der Waals surface area contributed by atoms with Crippen molar-refractivity contribution >= 4 is 56.5 Å². The Kier molecular flexibility index (Phi) is 5.98. The van der Waals surface area contributed by atoms with Crippen LogP contribution in [0.2, 0.25) is 20.1 Å². The van der Waals surface area contributed by atoms with Gasteiger partial charge >= 0.3 is 0 Å². The summed E-state index contributed by atoms with van der Waals surface area (Å²) in [5.74, 6) is -0.965. The lowest BCUT2D eigenvalue weighted by Gasteiger charge is -2.34. The van der Waals surface area contributed by atoms with Crippen LogP contribution in [0.4, 0.5) is 0 Å². The lowest BCUT2D eigenvalue weighted by molar-refractivity contribution is 0.440. The molecular weight excluding hydrogens is 482 g/mol. The molecule has 0 spiro atoms. The SMILES string of the molecule is O=S(=O)(O)C(c1cccc(Cl)c1)(c1ccc(O)c(Cl)c1)c1c(Cl)ccc(Cl)c1O. The summed E-state index contributed by atoms with van der Waals surface area (Å²) in [6, 6.07) is 11.7. The number of rotatable bonds is 4. The van der Waals surface area contributed by atoms with E-state index in [0.29, 0.717) is 0 Å². The van der Waals surface area contributed by atoms with Crippen LogP contribution in [0, 0.1) is 0 Å². The summed E-state index contributed by atoms with van der Waals surface area (Å²) in [6.07, 6.45) is 0. The first-order chi connectivity index (χ1) is 13.5. The number of phenolic OH excluding ortho intramolecular Hbond substituents is 2. The molecule has 10 heteroatoms. The molecule has 29 heavy (non-hydrogen) atoms. The van der Waals surface area contributed by atoms with Crippen LogP contribution in [0.5, 0.6) is 11.5 Å². The second-order valence-electron chi connectivity index (χ2n) is 6.09. The second-order valence-corrected chi connectivity index (χ2v) is 9.31. The predicted molar refractivity (Wildman–Crippen MR) is 114 cm³/mol. The van der Waals surface area contributed by atoms with Crippen LogP contribution >= 0.6 is 46.4 Å². The van der Waals surface area contributed by atoms with E-state index in [1.807, 2.05) is 0 Å². The first kappa shape index (κ1) is 22.0. The number of benzene rings is 3. The van der Waals surface area contributed by atoms with Gasteiger partial charge in [0.15, 0.2) is 4.75 Å². The number of hydrogen-bond donors (Lipinski definition) is 3. The molecule has 0 bridgehead atoms. The Balaban J connectivity index is 2.63. The van der Waals surface area contributed by atoms with Crippen molar-refractivity contribution in [2.75, 3.05) is 0 Å². The molecule has 0 aliphatic carbocycles. The number of hydrogen-bond acceptors (Lipinski definition) is 4. The summed E-state index contributed by atoms with van der Waals surface area (Å²) in [6.45, 7) is 0. The predicted octanol–water partition coefficient (Wildman–Crippen LogP) is 5.89. The van der Waals surface area contributed by atoms with Gasteiger partial charge in [-0.1, -0.05) is 64.6 Å². The highest BCUT2D eigenvalue weighted by Crippen LogP contribution is 2.52. The van der Waals surface area contributed by atoms with E-state index in [1.165, 1.54) is 42.5 Å². The van der Waals surface area contributed by atoms with E-state index in [2.05, 4.69) is 0 Å². The topological polar surface area (TPSA) is 94.8 Å². The molecule has 3 aromatic carbocycles. The number of phenols is 2. The Bertz CT molecular complexity index is 1210. The number of halogens is 4. The van der Waals surface area contributed by atoms with E-state index in [4.69, 9.17) is 46.4 Å². The summed E-state index contributed by atoms with van der Waals surface area (Å²) in [5.41, 5.74) is -0.531. The van der Waals surface area contributed by atoms with E-state index >= 15 is 0 Å². The van der Waals surface area contributed by atoms with Crippen molar-refractivity contribution in [3.05, 3.63) is 91.4 Å². The molecule has 0 heterocycles. The first-order valence-corrected chi connectivity index (χ1v) is 10.8. The molecule has 0 saturated carbocycles. The van der Waals surface area contributed by atoms with E-state index in [-0.39, 0.29) is 37.0 Å². The molecular formula is C19H12Cl4O5S. The lowest BCUT2D eigenvalue weighted by atomic mass is 9.83. The molecule has 0 amide bonds. The first-order valence-electron chi connectivity index (χ1n) is 7.89. The third-order valence-corrected chi connectivity index (χ3v) is 7.01. The third kappa shape index (κ3) is 3.65. The molecule has 0 radical (unpaired) electrons. The van der Waals surface area contributed by atoms with Crippen LogP contribution in [0.1, 0.15) is 16.7 Å². The van der Waals surface area contributed by atoms with Crippen LogP contribution < -0.4 is 0 Å². The fraction of sp³-hybridized carbons (Fsp3) is 0.0526. The normalized spacial score (nSPS) is 13.8. The van der Waals surface area contributed by atoms with Crippen molar-refractivity contribution in [3.63, 3.8) is 0 Å². The Morgan fingerprint density at radius 3 is 1.97 bits per heavy atom. The smallest absolute Gasteiger partial charge is 0.283 e. The molecule has 3 N–H and O–H groups in total. The maximum absolute atomic E-state index is 13.0. The Hall–Kier alpha value is -1.67. The molecule has 0 aliphatic heterocycles. The molecule has 1 unspecified atom stereocenters. The quantitative estimate of drug-likeness (QED) is 0.311. The molecule has 0 aromatic heterocycles. The summed E-state index contributed by atoms with van der Waals surface area (Å²) >= 11 is 24.4. The van der Waals surface area contributed by atoms with E-state index in [9.17, 15) is 23.2 Å². The fourth-order valence-electron chi connectivity index (χ4n) is 3.19. The van der Waals surface area contributed by atoms with Crippen molar-refractivity contribution in [2.24, 2.45) is 0 Å². The highest BCUT2D eigenvalue weighted by atomic mass is 35.5. The summed E-state index contributed by atoms with van der Waals surface area (Å²) in [7, 11) is -5.10. The zero-order valence-corrected chi connectivity index (χ0v) is 18.1. The zero-order valence-electron chi connectivity index (χ0n) is 14.3. The number of aromatic hydroxyl groups is 2. The highest BCUT2D eigenvalue weighted by molar-refractivity contribution is 7.87. The van der Waals surface area contributed by atoms with Gasteiger partial charge in [-0.2, -0.15) is 8.42 Å². The Morgan fingerprint density at radius 2 is 1.38 bits per heavy atom. The van der Waals surface area contributed by atoms with Crippen molar-refractivity contribution in [1.82, 2.24) is 0 Å². The van der Waals surface area contributed by atoms with Crippen LogP contribution in [0.15, 0.2) is 54.6 Å². The lowest BCUT2D eigenvalue weighted by Crippen LogP contribution is -2.38. The monoisotopic (exact) mass is 492 g/mol. The summed E-state index contributed by atoms with van der Waals surface area (Å²) < 4.78 is 34.0.